The molecule has 1 saturated heterocycles. The fourth-order valence-electron chi connectivity index (χ4n) is 5.14. The molecule has 0 spiro atoms. The monoisotopic (exact) mass is 663 g/mol. The summed E-state index contributed by atoms with van der Waals surface area (Å²) in [5, 5.41) is 8.17. The first-order valence-electron chi connectivity index (χ1n) is 14.9. The number of nitrogens with zero attached hydrogens (tertiary/aromatic N) is 2. The van der Waals surface area contributed by atoms with Gasteiger partial charge in [0, 0.05) is 30.4 Å². The summed E-state index contributed by atoms with van der Waals surface area (Å²) in [6, 6.07) is 18.5. The summed E-state index contributed by atoms with van der Waals surface area (Å²) in [4.78, 5) is 18.3. The van der Waals surface area contributed by atoms with Crippen molar-refractivity contribution in [1.29, 1.82) is 0 Å². The first kappa shape index (κ1) is 32.9. The van der Waals surface area contributed by atoms with Gasteiger partial charge in [-0.3, -0.25) is 4.79 Å². The van der Waals surface area contributed by atoms with Crippen LogP contribution in [0.1, 0.15) is 37.9 Å². The van der Waals surface area contributed by atoms with Crippen molar-refractivity contribution in [2.45, 2.75) is 44.4 Å². The number of ether oxygens (including phenoxy) is 3. The molecular formula is C33H37N5O6S2. The molecule has 1 amide bonds. The van der Waals surface area contributed by atoms with E-state index in [1.54, 1.807) is 42.6 Å². The summed E-state index contributed by atoms with van der Waals surface area (Å²) in [5.41, 5.74) is 7.78. The van der Waals surface area contributed by atoms with Gasteiger partial charge in [0.25, 0.3) is 0 Å². The third-order valence-corrected chi connectivity index (χ3v) is 9.48. The van der Waals surface area contributed by atoms with E-state index in [-0.39, 0.29) is 48.2 Å². The van der Waals surface area contributed by atoms with Gasteiger partial charge in [-0.25, -0.2) is 13.4 Å². The maximum atomic E-state index is 14.0. The van der Waals surface area contributed by atoms with Gasteiger partial charge in [-0.05, 0) is 92.0 Å². The van der Waals surface area contributed by atoms with Gasteiger partial charge in [-0.15, -0.1) is 0 Å². The van der Waals surface area contributed by atoms with Crippen molar-refractivity contribution >= 4 is 55.5 Å². The molecule has 4 N–H and O–H groups in total. The highest BCUT2D eigenvalue weighted by Crippen LogP contribution is 2.34. The average molecular weight is 664 g/mol. The zero-order chi connectivity index (χ0) is 32.8. The molecular weight excluding hydrogens is 627 g/mol. The molecule has 2 heterocycles. The molecule has 46 heavy (non-hydrogen) atoms. The number of carbonyl (C=O) groups is 1. The van der Waals surface area contributed by atoms with E-state index in [1.165, 1.54) is 10.4 Å². The Bertz CT molecular complexity index is 1850. The molecule has 1 aromatic heterocycles. The third kappa shape index (κ3) is 7.49. The number of fused-ring (bicyclic) bond motifs is 1. The van der Waals surface area contributed by atoms with Crippen LogP contribution in [0.4, 0.5) is 11.5 Å². The molecule has 1 fully saturated rings. The number of aromatic nitrogens is 1. The molecule has 0 radical (unpaired) electrons. The van der Waals surface area contributed by atoms with Crippen LogP contribution in [-0.4, -0.2) is 61.1 Å². The van der Waals surface area contributed by atoms with E-state index in [1.807, 2.05) is 45.0 Å². The fourth-order valence-corrected chi connectivity index (χ4v) is 7.07. The number of amides is 1. The minimum Gasteiger partial charge on any atom is -0.490 e. The van der Waals surface area contributed by atoms with Gasteiger partial charge >= 0.3 is 0 Å². The van der Waals surface area contributed by atoms with Crippen LogP contribution in [0.5, 0.6) is 11.5 Å². The summed E-state index contributed by atoms with van der Waals surface area (Å²) >= 11 is 5.12. The van der Waals surface area contributed by atoms with Gasteiger partial charge in [0.2, 0.25) is 15.9 Å². The van der Waals surface area contributed by atoms with Crippen LogP contribution in [0.3, 0.4) is 0 Å². The Morgan fingerprint density at radius 2 is 1.91 bits per heavy atom. The number of thiocarbonyl (C=S) groups is 1. The summed E-state index contributed by atoms with van der Waals surface area (Å²) in [6.07, 6.45) is 1.55. The van der Waals surface area contributed by atoms with E-state index in [4.69, 9.17) is 32.2 Å². The Balaban J connectivity index is 1.46. The Morgan fingerprint density at radius 3 is 2.67 bits per heavy atom. The molecule has 0 saturated carbocycles. The summed E-state index contributed by atoms with van der Waals surface area (Å²) < 4.78 is 45.6. The molecule has 1 atom stereocenters. The molecule has 3 aromatic carbocycles. The zero-order valence-corrected chi connectivity index (χ0v) is 27.5. The Kier molecular flexibility index (Phi) is 10.2. The molecule has 5 rings (SSSR count). The minimum absolute atomic E-state index is 0.00346. The summed E-state index contributed by atoms with van der Waals surface area (Å²) in [5.74, 6) is 1.10. The van der Waals surface area contributed by atoms with Crippen LogP contribution in [0.15, 0.2) is 77.8 Å². The Hall–Kier alpha value is -4.46. The number of pyridine rings is 1. The second kappa shape index (κ2) is 14.3. The van der Waals surface area contributed by atoms with Crippen molar-refractivity contribution in [3.63, 3.8) is 0 Å². The summed E-state index contributed by atoms with van der Waals surface area (Å²) in [7, 11) is -3.89. The number of morpholine rings is 1. The van der Waals surface area contributed by atoms with Crippen molar-refractivity contribution in [3.8, 4) is 11.5 Å². The van der Waals surface area contributed by atoms with Crippen LogP contribution >= 0.6 is 12.2 Å². The zero-order valence-electron chi connectivity index (χ0n) is 25.9. The third-order valence-electron chi connectivity index (χ3n) is 7.28. The maximum absolute atomic E-state index is 14.0. The number of carbonyl (C=O) groups excluding carboxylic acids is 1. The predicted octanol–water partition coefficient (Wildman–Crippen LogP) is 4.82. The number of sulfonamides is 1. The van der Waals surface area contributed by atoms with Gasteiger partial charge in [-0.2, -0.15) is 4.31 Å². The largest absolute Gasteiger partial charge is 0.490 e. The second-order valence-electron chi connectivity index (χ2n) is 10.9. The number of anilines is 2. The van der Waals surface area contributed by atoms with E-state index in [0.717, 1.165) is 10.8 Å². The molecule has 0 bridgehead atoms. The van der Waals surface area contributed by atoms with Crippen LogP contribution < -0.4 is 25.8 Å². The first-order chi connectivity index (χ1) is 22.1. The van der Waals surface area contributed by atoms with Crippen LogP contribution in [0.2, 0.25) is 0 Å². The van der Waals surface area contributed by atoms with Crippen molar-refractivity contribution in [1.82, 2.24) is 14.6 Å². The average Bonchev–Trinajstić information content (AvgIpc) is 3.03. The lowest BCUT2D eigenvalue weighted by Gasteiger charge is -2.27. The number of rotatable bonds is 12. The van der Waals surface area contributed by atoms with Gasteiger partial charge in [0.1, 0.15) is 18.5 Å². The highest BCUT2D eigenvalue weighted by molar-refractivity contribution is 7.89. The first-order valence-corrected chi connectivity index (χ1v) is 16.8. The maximum Gasteiger partial charge on any atom is 0.247 e. The smallest absolute Gasteiger partial charge is 0.247 e. The Labute approximate surface area is 274 Å². The summed E-state index contributed by atoms with van der Waals surface area (Å²) in [6.45, 7) is 6.46. The number of nitrogens with one attached hydrogen (secondary N) is 2. The van der Waals surface area contributed by atoms with Gasteiger partial charge in [0.15, 0.2) is 16.5 Å². The van der Waals surface area contributed by atoms with Gasteiger partial charge in [0.05, 0.1) is 24.2 Å². The van der Waals surface area contributed by atoms with Crippen LogP contribution in [0, 0.1) is 0 Å². The number of nitrogen functional groups attached to an aromatic ring is 1. The highest BCUT2D eigenvalue weighted by Gasteiger charge is 2.31. The molecule has 11 nitrogen and oxygen atoms in total. The minimum atomic E-state index is -3.89. The molecule has 1 aliphatic heterocycles. The van der Waals surface area contributed by atoms with E-state index in [2.05, 4.69) is 15.6 Å². The predicted molar refractivity (Wildman–Crippen MR) is 181 cm³/mol. The number of nitrogens with two attached hydrogens (primary N) is 1. The number of hydrogen-bond acceptors (Lipinski definition) is 10. The standard InChI is InChI=1S/C33H37N5O6S2/c1-4-42-28-18-23(9-12-27(28)44-21(2)3)31(37-25-10-11-26-22(17-25)13-14-35-32(26)34)33(39)36-19-24-7-5-6-8-29(24)46(40,41)38-15-16-43-30(45)20-38/h5-14,17-18,21,31,37H,4,15-16,19-20H2,1-3H3,(H2,34,35)(H,36,39). The van der Waals surface area contributed by atoms with Crippen LogP contribution in [-0.2, 0) is 26.1 Å². The molecule has 0 aliphatic carbocycles. The van der Waals surface area contributed by atoms with Crippen molar-refractivity contribution < 1.29 is 27.4 Å². The van der Waals surface area contributed by atoms with Gasteiger partial charge in [-0.1, -0.05) is 24.3 Å². The van der Waals surface area contributed by atoms with Crippen molar-refractivity contribution in [2.24, 2.45) is 0 Å². The number of hydrogen-bond donors (Lipinski definition) is 3. The SMILES string of the molecule is CCOc1cc(C(Nc2ccc3c(N)nccc3c2)C(=O)NCc2ccccc2S(=O)(=O)N2CCOC(=S)C2)ccc1OC(C)C. The molecule has 1 unspecified atom stereocenters. The molecule has 4 aromatic rings. The molecule has 242 valence electrons. The molecule has 13 heteroatoms. The van der Waals surface area contributed by atoms with Crippen molar-refractivity contribution in [3.05, 3.63) is 84.1 Å². The normalized spacial score (nSPS) is 14.5. The quantitative estimate of drug-likeness (QED) is 0.180. The lowest BCUT2D eigenvalue weighted by molar-refractivity contribution is -0.122. The van der Waals surface area contributed by atoms with Gasteiger partial charge < -0.3 is 30.6 Å². The highest BCUT2D eigenvalue weighted by atomic mass is 32.2. The number of benzene rings is 3. The lowest BCUT2D eigenvalue weighted by atomic mass is 10.0. The fraction of sp³-hybridized carbons (Fsp3) is 0.303. The Morgan fingerprint density at radius 1 is 1.11 bits per heavy atom. The topological polar surface area (TPSA) is 145 Å². The van der Waals surface area contributed by atoms with E-state index >= 15 is 0 Å². The van der Waals surface area contributed by atoms with E-state index < -0.39 is 16.1 Å². The molecule has 1 aliphatic rings. The van der Waals surface area contributed by atoms with Crippen LogP contribution in [0.25, 0.3) is 10.8 Å². The van der Waals surface area contributed by atoms with E-state index in [0.29, 0.717) is 40.7 Å². The second-order valence-corrected chi connectivity index (χ2v) is 13.3. The van der Waals surface area contributed by atoms with E-state index in [9.17, 15) is 13.2 Å². The van der Waals surface area contributed by atoms with Crippen molar-refractivity contribution in [2.75, 3.05) is 37.4 Å². The lowest BCUT2D eigenvalue weighted by Crippen LogP contribution is -2.43.